The van der Waals surface area contributed by atoms with E-state index in [4.69, 9.17) is 25.8 Å². The van der Waals surface area contributed by atoms with Crippen LogP contribution in [0.15, 0.2) is 41.0 Å². The van der Waals surface area contributed by atoms with E-state index in [9.17, 15) is 9.59 Å². The van der Waals surface area contributed by atoms with Gasteiger partial charge in [-0.2, -0.15) is 10.1 Å². The van der Waals surface area contributed by atoms with Gasteiger partial charge in [-0.15, -0.1) is 0 Å². The van der Waals surface area contributed by atoms with Crippen molar-refractivity contribution in [3.8, 4) is 5.75 Å². The first kappa shape index (κ1) is 27.1. The Balaban J connectivity index is 1.33. The number of fused-ring (bicyclic) bond motifs is 2. The van der Waals surface area contributed by atoms with E-state index in [1.165, 1.54) is 12.3 Å². The monoisotopic (exact) mass is 569 g/mol. The molecule has 14 nitrogen and oxygen atoms in total. The highest BCUT2D eigenvalue weighted by molar-refractivity contribution is 6.36. The lowest BCUT2D eigenvalue weighted by Crippen LogP contribution is -2.37. The number of hydrogen-bond acceptors (Lipinski definition) is 10. The zero-order chi connectivity index (χ0) is 28.4. The number of aromatic nitrogens is 5. The van der Waals surface area contributed by atoms with Gasteiger partial charge in [0.2, 0.25) is 5.95 Å². The normalized spacial score (nSPS) is 17.6. The highest BCUT2D eigenvalue weighted by Gasteiger charge is 2.25. The van der Waals surface area contributed by atoms with E-state index in [2.05, 4.69) is 37.4 Å². The van der Waals surface area contributed by atoms with Crippen LogP contribution in [0.5, 0.6) is 5.75 Å². The summed E-state index contributed by atoms with van der Waals surface area (Å²) in [6.45, 7) is 7.35. The standard InChI is InChI=1S/C25H28ClN9O5/c1-5-14(10-18(27-2)30-25(37)40-15-6-9-38-13-15)39-17-12-28-22-21(20(17)26)34(4)24(31-22)29-19-11-16-23(36)33(3)7-8-35(16)32-19/h5,10-12,15H,2,6-9,13H2,1,3-4H3,(H,30,37)(H,28,29,31,32)/b14-5+,18-10+/t15-/m1/s1. The van der Waals surface area contributed by atoms with Crippen molar-refractivity contribution in [1.29, 1.82) is 0 Å². The number of aliphatic imine (C=N–C) groups is 1. The van der Waals surface area contributed by atoms with Gasteiger partial charge in [-0.05, 0) is 19.7 Å². The van der Waals surface area contributed by atoms with Gasteiger partial charge in [0.1, 0.15) is 33.9 Å². The van der Waals surface area contributed by atoms with Crippen LogP contribution in [0.4, 0.5) is 16.6 Å². The zero-order valence-electron chi connectivity index (χ0n) is 22.2. The molecule has 1 fully saturated rings. The smallest absolute Gasteiger partial charge is 0.413 e. The molecule has 1 atom stereocenters. The van der Waals surface area contributed by atoms with Gasteiger partial charge in [-0.25, -0.2) is 14.8 Å². The van der Waals surface area contributed by atoms with Gasteiger partial charge >= 0.3 is 6.09 Å². The summed E-state index contributed by atoms with van der Waals surface area (Å²) in [7, 11) is 3.52. The molecule has 5 heterocycles. The highest BCUT2D eigenvalue weighted by atomic mass is 35.5. The average molecular weight is 570 g/mol. The number of carbonyl (C=O) groups is 2. The van der Waals surface area contributed by atoms with Gasteiger partial charge in [0.25, 0.3) is 5.91 Å². The predicted molar refractivity (Wildman–Crippen MR) is 147 cm³/mol. The van der Waals surface area contributed by atoms with E-state index in [0.29, 0.717) is 67.1 Å². The number of amides is 2. The molecule has 15 heteroatoms. The number of rotatable bonds is 8. The fraction of sp³-hybridized carbons (Fsp3) is 0.360. The summed E-state index contributed by atoms with van der Waals surface area (Å²) in [6, 6.07) is 1.68. The zero-order valence-corrected chi connectivity index (χ0v) is 22.9. The molecule has 2 aliphatic rings. The number of carbonyl (C=O) groups excluding carboxylic acids is 2. The highest BCUT2D eigenvalue weighted by Crippen LogP contribution is 2.34. The number of nitrogens with zero attached hydrogens (tertiary/aromatic N) is 7. The van der Waals surface area contributed by atoms with Gasteiger partial charge in [0.05, 0.1) is 26.0 Å². The molecule has 3 aromatic rings. The lowest BCUT2D eigenvalue weighted by Gasteiger charge is -2.22. The van der Waals surface area contributed by atoms with Gasteiger partial charge < -0.3 is 29.0 Å². The Hall–Kier alpha value is -4.43. The van der Waals surface area contributed by atoms with Crippen LogP contribution in [0, 0.1) is 0 Å². The first-order valence-electron chi connectivity index (χ1n) is 12.5. The third-order valence-corrected chi connectivity index (χ3v) is 6.76. The fourth-order valence-electron chi connectivity index (χ4n) is 4.22. The van der Waals surface area contributed by atoms with Crippen LogP contribution in [0.3, 0.4) is 0 Å². The van der Waals surface area contributed by atoms with Crippen molar-refractivity contribution in [3.05, 3.63) is 46.7 Å². The number of halogens is 1. The van der Waals surface area contributed by atoms with Gasteiger partial charge in [-0.3, -0.25) is 14.8 Å². The first-order chi connectivity index (χ1) is 19.3. The number of likely N-dealkylation sites (N-methyl/N-ethyl adjacent to an activating group) is 1. The van der Waals surface area contributed by atoms with Crippen molar-refractivity contribution < 1.29 is 23.8 Å². The average Bonchev–Trinajstić information content (AvgIpc) is 3.67. The molecule has 210 valence electrons. The Bertz CT molecular complexity index is 1540. The number of allylic oxidation sites excluding steroid dienone is 2. The van der Waals surface area contributed by atoms with E-state index < -0.39 is 6.09 Å². The summed E-state index contributed by atoms with van der Waals surface area (Å²) in [5, 5.41) is 10.4. The number of aryl methyl sites for hydroxylation is 1. The largest absolute Gasteiger partial charge is 0.454 e. The van der Waals surface area contributed by atoms with Crippen LogP contribution >= 0.6 is 11.6 Å². The maximum absolute atomic E-state index is 12.4. The van der Waals surface area contributed by atoms with E-state index in [1.807, 2.05) is 0 Å². The minimum Gasteiger partial charge on any atom is -0.454 e. The lowest BCUT2D eigenvalue weighted by molar-refractivity contribution is 0.0742. The summed E-state index contributed by atoms with van der Waals surface area (Å²) in [6.07, 6.45) is 4.26. The summed E-state index contributed by atoms with van der Waals surface area (Å²) < 4.78 is 19.9. The third kappa shape index (κ3) is 5.49. The maximum atomic E-state index is 12.4. The number of hydrogen-bond donors (Lipinski definition) is 2. The molecule has 5 rings (SSSR count). The van der Waals surface area contributed by atoms with Crippen LogP contribution < -0.4 is 15.4 Å². The molecule has 1 saturated heterocycles. The predicted octanol–water partition coefficient (Wildman–Crippen LogP) is 2.99. The molecule has 2 amide bonds. The molecule has 0 radical (unpaired) electrons. The topological polar surface area (TPSA) is 150 Å². The molecule has 3 aromatic heterocycles. The Labute approximate surface area is 234 Å². The molecular weight excluding hydrogens is 542 g/mol. The minimum absolute atomic E-state index is 0.0950. The Kier molecular flexibility index (Phi) is 7.71. The molecular formula is C25H28ClN9O5. The van der Waals surface area contributed by atoms with Crippen LogP contribution in [0.1, 0.15) is 23.8 Å². The summed E-state index contributed by atoms with van der Waals surface area (Å²) in [4.78, 5) is 39.0. The van der Waals surface area contributed by atoms with E-state index in [0.717, 1.165) is 0 Å². The molecule has 2 N–H and O–H groups in total. The number of alkyl carbamates (subject to hydrolysis) is 1. The molecule has 2 aliphatic heterocycles. The van der Waals surface area contributed by atoms with Crippen molar-refractivity contribution in [3.63, 3.8) is 0 Å². The molecule has 0 unspecified atom stereocenters. The van der Waals surface area contributed by atoms with Gasteiger partial charge in [0.15, 0.2) is 17.2 Å². The van der Waals surface area contributed by atoms with Crippen molar-refractivity contribution >= 4 is 53.2 Å². The number of nitrogens with one attached hydrogen (secondary N) is 2. The van der Waals surface area contributed by atoms with E-state index in [-0.39, 0.29) is 28.6 Å². The number of ether oxygens (including phenoxy) is 3. The van der Waals surface area contributed by atoms with Crippen LogP contribution in [0.25, 0.3) is 11.2 Å². The summed E-state index contributed by atoms with van der Waals surface area (Å²) in [5.74, 6) is 1.52. The molecule has 0 aromatic carbocycles. The molecule has 0 aliphatic carbocycles. The van der Waals surface area contributed by atoms with Crippen molar-refractivity contribution in [2.45, 2.75) is 26.0 Å². The Morgan fingerprint density at radius 2 is 2.17 bits per heavy atom. The van der Waals surface area contributed by atoms with Crippen molar-refractivity contribution in [2.75, 3.05) is 32.1 Å². The fourth-order valence-corrected chi connectivity index (χ4v) is 4.52. The number of anilines is 2. The molecule has 0 spiro atoms. The van der Waals surface area contributed by atoms with Crippen LogP contribution in [-0.2, 0) is 23.1 Å². The van der Waals surface area contributed by atoms with E-state index in [1.54, 1.807) is 47.3 Å². The van der Waals surface area contributed by atoms with Crippen LogP contribution in [-0.4, -0.2) is 80.8 Å². The second kappa shape index (κ2) is 11.4. The SMILES string of the molecule is C=N/C(=C\C(=C/C)Oc1cnc2nc(Nc3cc4n(n3)CCN(C)C4=O)n(C)c2c1Cl)NC(=O)O[C@@H]1CCOC1. The Morgan fingerprint density at radius 3 is 2.90 bits per heavy atom. The van der Waals surface area contributed by atoms with Crippen LogP contribution in [0.2, 0.25) is 5.02 Å². The Morgan fingerprint density at radius 1 is 1.35 bits per heavy atom. The second-order valence-electron chi connectivity index (χ2n) is 9.09. The quantitative estimate of drug-likeness (QED) is 0.237. The van der Waals surface area contributed by atoms with Crippen molar-refractivity contribution in [1.82, 2.24) is 34.5 Å². The van der Waals surface area contributed by atoms with E-state index >= 15 is 0 Å². The van der Waals surface area contributed by atoms with Crippen molar-refractivity contribution in [2.24, 2.45) is 12.0 Å². The summed E-state index contributed by atoms with van der Waals surface area (Å²) >= 11 is 6.72. The summed E-state index contributed by atoms with van der Waals surface area (Å²) in [5.41, 5.74) is 1.40. The van der Waals surface area contributed by atoms with Gasteiger partial charge in [0, 0.05) is 39.2 Å². The lowest BCUT2D eigenvalue weighted by atomic mass is 10.3. The number of imidazole rings is 1. The first-order valence-corrected chi connectivity index (χ1v) is 12.8. The second-order valence-corrected chi connectivity index (χ2v) is 9.47. The molecule has 40 heavy (non-hydrogen) atoms. The van der Waals surface area contributed by atoms with Gasteiger partial charge in [-0.1, -0.05) is 11.6 Å². The third-order valence-electron chi connectivity index (χ3n) is 6.39. The maximum Gasteiger partial charge on any atom is 0.413 e. The number of pyridine rings is 1. The molecule has 0 saturated carbocycles. The molecule has 0 bridgehead atoms. The minimum atomic E-state index is -0.671.